The Morgan fingerprint density at radius 1 is 1.16 bits per heavy atom. The Kier molecular flexibility index (Phi) is 2.89. The Bertz CT molecular complexity index is 724. The van der Waals surface area contributed by atoms with Crippen molar-refractivity contribution in [2.24, 2.45) is 0 Å². The van der Waals surface area contributed by atoms with E-state index in [1.165, 1.54) is 16.7 Å². The summed E-state index contributed by atoms with van der Waals surface area (Å²) < 4.78 is 1.32. The first-order valence-electron chi connectivity index (χ1n) is 6.64. The van der Waals surface area contributed by atoms with E-state index in [9.17, 15) is 14.7 Å². The van der Waals surface area contributed by atoms with E-state index in [1.54, 1.807) is 6.07 Å². The fourth-order valence-electron chi connectivity index (χ4n) is 2.89. The third kappa shape index (κ3) is 2.05. The van der Waals surface area contributed by atoms with Crippen molar-refractivity contribution in [2.45, 2.75) is 38.1 Å². The molecule has 0 unspecified atom stereocenters. The second-order valence-electron chi connectivity index (χ2n) is 5.13. The lowest BCUT2D eigenvalue weighted by Crippen LogP contribution is -2.38. The molecule has 0 radical (unpaired) electrons. The van der Waals surface area contributed by atoms with Gasteiger partial charge in [0.1, 0.15) is 5.75 Å². The molecule has 1 aliphatic rings. The van der Waals surface area contributed by atoms with Gasteiger partial charge in [0.25, 0.3) is 5.56 Å². The molecule has 0 saturated heterocycles. The number of H-pyrrole nitrogens is 1. The number of hydrogen-bond donors (Lipinski definition) is 2. The Morgan fingerprint density at radius 2 is 1.89 bits per heavy atom. The number of phenolic OH excluding ortho intramolecular Hbond substituents is 1. The van der Waals surface area contributed by atoms with Gasteiger partial charge in [-0.15, -0.1) is 0 Å². The molecule has 1 aromatic heterocycles. The predicted molar refractivity (Wildman–Crippen MR) is 72.6 cm³/mol. The number of phenols is 1. The molecule has 1 aromatic carbocycles. The molecule has 5 heteroatoms. The number of aromatic hydroxyl groups is 1. The van der Waals surface area contributed by atoms with Crippen molar-refractivity contribution in [3.63, 3.8) is 0 Å². The summed E-state index contributed by atoms with van der Waals surface area (Å²) >= 11 is 0. The van der Waals surface area contributed by atoms with Gasteiger partial charge in [0.05, 0.1) is 10.9 Å². The average Bonchev–Trinajstić information content (AvgIpc) is 2.41. The van der Waals surface area contributed by atoms with Gasteiger partial charge in [0.15, 0.2) is 0 Å². The molecule has 2 aromatic rings. The molecular weight excluding hydrogens is 244 g/mol. The Morgan fingerprint density at radius 3 is 2.63 bits per heavy atom. The monoisotopic (exact) mass is 260 g/mol. The van der Waals surface area contributed by atoms with Crippen LogP contribution in [-0.4, -0.2) is 14.7 Å². The van der Waals surface area contributed by atoms with Crippen LogP contribution in [0.2, 0.25) is 0 Å². The highest BCUT2D eigenvalue weighted by Gasteiger charge is 2.20. The van der Waals surface area contributed by atoms with E-state index in [4.69, 9.17) is 0 Å². The summed E-state index contributed by atoms with van der Waals surface area (Å²) in [6.07, 6.45) is 5.00. The number of nitrogens with one attached hydrogen (secondary N) is 1. The Hall–Kier alpha value is -2.04. The summed E-state index contributed by atoms with van der Waals surface area (Å²) in [6.45, 7) is 0. The van der Waals surface area contributed by atoms with Crippen LogP contribution in [0.3, 0.4) is 0 Å². The van der Waals surface area contributed by atoms with Gasteiger partial charge >= 0.3 is 5.69 Å². The van der Waals surface area contributed by atoms with Crippen LogP contribution in [0.5, 0.6) is 5.75 Å². The molecule has 19 heavy (non-hydrogen) atoms. The number of aromatic nitrogens is 2. The number of benzene rings is 1. The maximum absolute atomic E-state index is 12.4. The lowest BCUT2D eigenvalue weighted by molar-refractivity contribution is 0.338. The van der Waals surface area contributed by atoms with E-state index in [-0.39, 0.29) is 23.0 Å². The van der Waals surface area contributed by atoms with E-state index < -0.39 is 0 Å². The molecule has 1 fully saturated rings. The first kappa shape index (κ1) is 12.0. The van der Waals surface area contributed by atoms with Crippen LogP contribution in [0.25, 0.3) is 10.9 Å². The summed E-state index contributed by atoms with van der Waals surface area (Å²) in [6, 6.07) is 4.41. The SMILES string of the molecule is O=c1[nH]c2ccc(O)cc2c(=O)n1C1CCCCC1. The van der Waals surface area contributed by atoms with Crippen molar-refractivity contribution < 1.29 is 5.11 Å². The van der Waals surface area contributed by atoms with Crippen molar-refractivity contribution >= 4 is 10.9 Å². The average molecular weight is 260 g/mol. The molecule has 1 aliphatic carbocycles. The van der Waals surface area contributed by atoms with Gasteiger partial charge < -0.3 is 10.1 Å². The summed E-state index contributed by atoms with van der Waals surface area (Å²) in [5.41, 5.74) is -0.184. The van der Waals surface area contributed by atoms with Gasteiger partial charge in [-0.3, -0.25) is 9.36 Å². The maximum Gasteiger partial charge on any atom is 0.329 e. The molecule has 0 amide bonds. The van der Waals surface area contributed by atoms with E-state index >= 15 is 0 Å². The van der Waals surface area contributed by atoms with Crippen molar-refractivity contribution in [3.8, 4) is 5.75 Å². The normalized spacial score (nSPS) is 16.8. The van der Waals surface area contributed by atoms with Crippen molar-refractivity contribution in [1.82, 2.24) is 9.55 Å². The van der Waals surface area contributed by atoms with Crippen molar-refractivity contribution in [3.05, 3.63) is 39.0 Å². The van der Waals surface area contributed by atoms with Crippen LogP contribution in [0.4, 0.5) is 0 Å². The highest BCUT2D eigenvalue weighted by molar-refractivity contribution is 5.78. The largest absolute Gasteiger partial charge is 0.508 e. The molecule has 100 valence electrons. The van der Waals surface area contributed by atoms with Crippen LogP contribution < -0.4 is 11.2 Å². The zero-order chi connectivity index (χ0) is 13.4. The van der Waals surface area contributed by atoms with Crippen molar-refractivity contribution in [1.29, 1.82) is 0 Å². The molecule has 0 atom stereocenters. The minimum absolute atomic E-state index is 0.0169. The van der Waals surface area contributed by atoms with Gasteiger partial charge in [-0.05, 0) is 31.0 Å². The van der Waals surface area contributed by atoms with Crippen LogP contribution in [-0.2, 0) is 0 Å². The topological polar surface area (TPSA) is 75.1 Å². The standard InChI is InChI=1S/C14H16N2O3/c17-10-6-7-12-11(8-10)13(18)16(14(19)15-12)9-4-2-1-3-5-9/h6-9,17H,1-5H2,(H,15,19). The first-order valence-corrected chi connectivity index (χ1v) is 6.64. The lowest BCUT2D eigenvalue weighted by atomic mass is 9.95. The molecular formula is C14H16N2O3. The van der Waals surface area contributed by atoms with E-state index in [0.29, 0.717) is 10.9 Å². The smallest absolute Gasteiger partial charge is 0.329 e. The summed E-state index contributed by atoms with van der Waals surface area (Å²) in [5, 5.41) is 9.85. The summed E-state index contributed by atoms with van der Waals surface area (Å²) in [7, 11) is 0. The van der Waals surface area contributed by atoms with Crippen LogP contribution in [0, 0.1) is 0 Å². The second kappa shape index (κ2) is 4.57. The summed E-state index contributed by atoms with van der Waals surface area (Å²) in [5.74, 6) is 0.0341. The van der Waals surface area contributed by atoms with Gasteiger partial charge in [-0.2, -0.15) is 0 Å². The lowest BCUT2D eigenvalue weighted by Gasteiger charge is -2.23. The van der Waals surface area contributed by atoms with Gasteiger partial charge in [0, 0.05) is 6.04 Å². The third-order valence-electron chi connectivity index (χ3n) is 3.85. The number of aromatic amines is 1. The number of rotatable bonds is 1. The number of hydrogen-bond acceptors (Lipinski definition) is 3. The Labute approximate surface area is 109 Å². The molecule has 2 N–H and O–H groups in total. The fourth-order valence-corrected chi connectivity index (χ4v) is 2.89. The van der Waals surface area contributed by atoms with Crippen LogP contribution >= 0.6 is 0 Å². The van der Waals surface area contributed by atoms with Gasteiger partial charge in [0.2, 0.25) is 0 Å². The quantitative estimate of drug-likeness (QED) is 0.822. The van der Waals surface area contributed by atoms with E-state index in [2.05, 4.69) is 4.98 Å². The van der Waals surface area contributed by atoms with Gasteiger partial charge in [-0.1, -0.05) is 19.3 Å². The minimum atomic E-state index is -0.352. The molecule has 0 spiro atoms. The third-order valence-corrected chi connectivity index (χ3v) is 3.85. The zero-order valence-corrected chi connectivity index (χ0v) is 10.6. The predicted octanol–water partition coefficient (Wildman–Crippen LogP) is 1.90. The van der Waals surface area contributed by atoms with Gasteiger partial charge in [-0.25, -0.2) is 4.79 Å². The van der Waals surface area contributed by atoms with E-state index in [0.717, 1.165) is 32.1 Å². The second-order valence-corrected chi connectivity index (χ2v) is 5.13. The molecule has 3 rings (SSSR count). The zero-order valence-electron chi connectivity index (χ0n) is 10.6. The number of nitrogens with zero attached hydrogens (tertiary/aromatic N) is 1. The molecule has 0 aliphatic heterocycles. The maximum atomic E-state index is 12.4. The molecule has 0 bridgehead atoms. The minimum Gasteiger partial charge on any atom is -0.508 e. The Balaban J connectivity index is 2.24. The first-order chi connectivity index (χ1) is 9.16. The van der Waals surface area contributed by atoms with Crippen LogP contribution in [0.15, 0.2) is 27.8 Å². The highest BCUT2D eigenvalue weighted by atomic mass is 16.3. The molecule has 1 saturated carbocycles. The molecule has 5 nitrogen and oxygen atoms in total. The number of fused-ring (bicyclic) bond motifs is 1. The highest BCUT2D eigenvalue weighted by Crippen LogP contribution is 2.26. The van der Waals surface area contributed by atoms with E-state index in [1.807, 2.05) is 0 Å². The van der Waals surface area contributed by atoms with Crippen LogP contribution in [0.1, 0.15) is 38.1 Å². The summed E-state index contributed by atoms with van der Waals surface area (Å²) in [4.78, 5) is 27.2. The van der Waals surface area contributed by atoms with Crippen molar-refractivity contribution in [2.75, 3.05) is 0 Å². The molecule has 1 heterocycles. The fraction of sp³-hybridized carbons (Fsp3) is 0.429.